The standard InChI is InChI=1S/C12H16N2O4/c1-3-8-10(7(2)18-13-8)11(15)14-6-4-5-9(14)12(16)17/h9H,3-6H2,1-2H3,(H,16,17)/t9-/m1/s1. The van der Waals surface area contributed by atoms with E-state index in [2.05, 4.69) is 5.16 Å². The fourth-order valence-corrected chi connectivity index (χ4v) is 2.34. The molecule has 1 amide bonds. The highest BCUT2D eigenvalue weighted by Gasteiger charge is 2.36. The van der Waals surface area contributed by atoms with Gasteiger partial charge in [0.1, 0.15) is 17.4 Å². The topological polar surface area (TPSA) is 83.6 Å². The molecule has 0 bridgehead atoms. The Kier molecular flexibility index (Phi) is 3.36. The molecule has 1 aliphatic rings. The number of carbonyl (C=O) groups excluding carboxylic acids is 1. The molecule has 18 heavy (non-hydrogen) atoms. The van der Waals surface area contributed by atoms with Crippen LogP contribution in [0.25, 0.3) is 0 Å². The maximum atomic E-state index is 12.4. The summed E-state index contributed by atoms with van der Waals surface area (Å²) >= 11 is 0. The number of hydrogen-bond acceptors (Lipinski definition) is 4. The van der Waals surface area contributed by atoms with Gasteiger partial charge in [-0.2, -0.15) is 0 Å². The van der Waals surface area contributed by atoms with Crippen molar-refractivity contribution in [3.05, 3.63) is 17.0 Å². The third-order valence-electron chi connectivity index (χ3n) is 3.28. The maximum absolute atomic E-state index is 12.4. The van der Waals surface area contributed by atoms with Crippen LogP contribution in [0.5, 0.6) is 0 Å². The Labute approximate surface area is 105 Å². The molecule has 1 N–H and O–H groups in total. The van der Waals surface area contributed by atoms with Crippen LogP contribution in [0.2, 0.25) is 0 Å². The number of rotatable bonds is 3. The average Bonchev–Trinajstić information content (AvgIpc) is 2.94. The van der Waals surface area contributed by atoms with Crippen LogP contribution in [0, 0.1) is 6.92 Å². The molecule has 1 aliphatic heterocycles. The van der Waals surface area contributed by atoms with Crippen molar-refractivity contribution in [1.82, 2.24) is 10.1 Å². The van der Waals surface area contributed by atoms with Gasteiger partial charge in [0.25, 0.3) is 5.91 Å². The number of nitrogens with zero attached hydrogens (tertiary/aromatic N) is 2. The van der Waals surface area contributed by atoms with Crippen molar-refractivity contribution in [2.75, 3.05) is 6.54 Å². The van der Waals surface area contributed by atoms with Crippen molar-refractivity contribution in [2.24, 2.45) is 0 Å². The van der Waals surface area contributed by atoms with E-state index in [1.807, 2.05) is 6.92 Å². The van der Waals surface area contributed by atoms with Crippen LogP contribution in [-0.4, -0.2) is 39.6 Å². The molecule has 1 aromatic heterocycles. The summed E-state index contributed by atoms with van der Waals surface area (Å²) in [5, 5.41) is 12.9. The van der Waals surface area contributed by atoms with Crippen LogP contribution in [0.15, 0.2) is 4.52 Å². The van der Waals surface area contributed by atoms with Crippen LogP contribution >= 0.6 is 0 Å². The fourth-order valence-electron chi connectivity index (χ4n) is 2.34. The molecule has 6 nitrogen and oxygen atoms in total. The maximum Gasteiger partial charge on any atom is 0.326 e. The smallest absolute Gasteiger partial charge is 0.326 e. The molecule has 1 saturated heterocycles. The molecule has 0 spiro atoms. The van der Waals surface area contributed by atoms with Gasteiger partial charge in [-0.25, -0.2) is 4.79 Å². The van der Waals surface area contributed by atoms with Crippen LogP contribution < -0.4 is 0 Å². The van der Waals surface area contributed by atoms with E-state index >= 15 is 0 Å². The quantitative estimate of drug-likeness (QED) is 0.874. The second-order valence-electron chi connectivity index (χ2n) is 4.41. The van der Waals surface area contributed by atoms with Gasteiger partial charge in [0.15, 0.2) is 0 Å². The van der Waals surface area contributed by atoms with E-state index in [9.17, 15) is 9.59 Å². The summed E-state index contributed by atoms with van der Waals surface area (Å²) in [7, 11) is 0. The largest absolute Gasteiger partial charge is 0.480 e. The van der Waals surface area contributed by atoms with Crippen LogP contribution in [0.1, 0.15) is 41.6 Å². The van der Waals surface area contributed by atoms with Crippen molar-refractivity contribution >= 4 is 11.9 Å². The zero-order chi connectivity index (χ0) is 13.3. The van der Waals surface area contributed by atoms with Gasteiger partial charge in [-0.3, -0.25) is 4.79 Å². The Morgan fingerprint density at radius 1 is 1.56 bits per heavy atom. The number of aliphatic carboxylic acids is 1. The fraction of sp³-hybridized carbons (Fsp3) is 0.583. The van der Waals surface area contributed by atoms with E-state index in [0.29, 0.717) is 42.8 Å². The summed E-state index contributed by atoms with van der Waals surface area (Å²) in [4.78, 5) is 24.9. The zero-order valence-electron chi connectivity index (χ0n) is 10.5. The van der Waals surface area contributed by atoms with E-state index in [-0.39, 0.29) is 5.91 Å². The molecule has 0 unspecified atom stereocenters. The molecule has 98 valence electrons. The van der Waals surface area contributed by atoms with Crippen molar-refractivity contribution in [3.8, 4) is 0 Å². The monoisotopic (exact) mass is 252 g/mol. The minimum Gasteiger partial charge on any atom is -0.480 e. The molecule has 1 fully saturated rings. The van der Waals surface area contributed by atoms with Gasteiger partial charge in [-0.1, -0.05) is 12.1 Å². The predicted octanol–water partition coefficient (Wildman–Crippen LogP) is 1.23. The minimum atomic E-state index is -0.951. The van der Waals surface area contributed by atoms with Crippen molar-refractivity contribution in [3.63, 3.8) is 0 Å². The van der Waals surface area contributed by atoms with Crippen LogP contribution in [0.4, 0.5) is 0 Å². The summed E-state index contributed by atoms with van der Waals surface area (Å²) in [6.07, 6.45) is 1.81. The third-order valence-corrected chi connectivity index (χ3v) is 3.28. The van der Waals surface area contributed by atoms with Crippen LogP contribution in [0.3, 0.4) is 0 Å². The van der Waals surface area contributed by atoms with Gasteiger partial charge >= 0.3 is 5.97 Å². The average molecular weight is 252 g/mol. The lowest BCUT2D eigenvalue weighted by Crippen LogP contribution is -2.40. The Morgan fingerprint density at radius 2 is 2.28 bits per heavy atom. The highest BCUT2D eigenvalue weighted by Crippen LogP contribution is 2.23. The van der Waals surface area contributed by atoms with Crippen molar-refractivity contribution in [2.45, 2.75) is 39.2 Å². The lowest BCUT2D eigenvalue weighted by atomic mass is 10.1. The van der Waals surface area contributed by atoms with Gasteiger partial charge < -0.3 is 14.5 Å². The molecule has 1 aromatic rings. The van der Waals surface area contributed by atoms with Gasteiger partial charge in [0.2, 0.25) is 0 Å². The number of carbonyl (C=O) groups is 2. The first-order valence-corrected chi connectivity index (χ1v) is 6.05. The minimum absolute atomic E-state index is 0.282. The molecule has 6 heteroatoms. The third kappa shape index (κ3) is 1.98. The van der Waals surface area contributed by atoms with Gasteiger partial charge in [-0.05, 0) is 26.2 Å². The van der Waals surface area contributed by atoms with Crippen molar-refractivity contribution < 1.29 is 19.2 Å². The molecule has 1 atom stereocenters. The van der Waals surface area contributed by atoms with E-state index in [1.54, 1.807) is 6.92 Å². The SMILES string of the molecule is CCc1noc(C)c1C(=O)N1CCC[C@@H]1C(=O)O. The van der Waals surface area contributed by atoms with E-state index in [1.165, 1.54) is 4.90 Å². The Balaban J connectivity index is 2.30. The molecule has 0 saturated carbocycles. The number of aromatic nitrogens is 1. The normalized spacial score (nSPS) is 19.2. The molecule has 0 aromatic carbocycles. The first-order chi connectivity index (χ1) is 8.56. The summed E-state index contributed by atoms with van der Waals surface area (Å²) in [6, 6.07) is -0.725. The molecule has 2 rings (SSSR count). The highest BCUT2D eigenvalue weighted by atomic mass is 16.5. The number of carboxylic acid groups (broad SMARTS) is 1. The second kappa shape index (κ2) is 4.80. The number of hydrogen-bond donors (Lipinski definition) is 1. The number of aryl methyl sites for hydroxylation is 2. The predicted molar refractivity (Wildman–Crippen MR) is 62.3 cm³/mol. The van der Waals surface area contributed by atoms with E-state index < -0.39 is 12.0 Å². The molecular weight excluding hydrogens is 236 g/mol. The van der Waals surface area contributed by atoms with Gasteiger partial charge in [0.05, 0.1) is 5.69 Å². The highest BCUT2D eigenvalue weighted by molar-refractivity contribution is 5.98. The van der Waals surface area contributed by atoms with Gasteiger partial charge in [0, 0.05) is 6.54 Å². The summed E-state index contributed by atoms with van der Waals surface area (Å²) in [5.41, 5.74) is 1.01. The summed E-state index contributed by atoms with van der Waals surface area (Å²) < 4.78 is 5.02. The molecular formula is C12H16N2O4. The number of carboxylic acids is 1. The molecule has 0 aliphatic carbocycles. The Morgan fingerprint density at radius 3 is 2.89 bits per heavy atom. The summed E-state index contributed by atoms with van der Waals surface area (Å²) in [6.45, 7) is 4.03. The Bertz CT molecular complexity index is 480. The number of likely N-dealkylation sites (tertiary alicyclic amines) is 1. The second-order valence-corrected chi connectivity index (χ2v) is 4.41. The lowest BCUT2D eigenvalue weighted by molar-refractivity contribution is -0.141. The summed E-state index contributed by atoms with van der Waals surface area (Å²) in [5.74, 6) is -0.781. The van der Waals surface area contributed by atoms with Crippen LogP contribution in [-0.2, 0) is 11.2 Å². The molecule has 0 radical (unpaired) electrons. The van der Waals surface area contributed by atoms with Gasteiger partial charge in [-0.15, -0.1) is 0 Å². The zero-order valence-corrected chi connectivity index (χ0v) is 10.5. The first kappa shape index (κ1) is 12.6. The lowest BCUT2D eigenvalue weighted by Gasteiger charge is -2.21. The molecule has 2 heterocycles. The van der Waals surface area contributed by atoms with Crippen molar-refractivity contribution in [1.29, 1.82) is 0 Å². The Hall–Kier alpha value is -1.85. The van der Waals surface area contributed by atoms with E-state index in [4.69, 9.17) is 9.63 Å². The first-order valence-electron chi connectivity index (χ1n) is 6.05. The van der Waals surface area contributed by atoms with E-state index in [0.717, 1.165) is 0 Å². The number of amides is 1.